The predicted molar refractivity (Wildman–Crippen MR) is 101 cm³/mol. The zero-order valence-corrected chi connectivity index (χ0v) is 15.9. The van der Waals surface area contributed by atoms with E-state index in [2.05, 4.69) is 20.6 Å². The highest BCUT2D eigenvalue weighted by Crippen LogP contribution is 2.29. The van der Waals surface area contributed by atoms with Crippen LogP contribution in [0.5, 0.6) is 0 Å². The molecule has 1 fully saturated rings. The molecule has 27 heavy (non-hydrogen) atoms. The molecule has 0 unspecified atom stereocenters. The number of aliphatic hydroxyl groups is 1. The van der Waals surface area contributed by atoms with Gasteiger partial charge in [-0.15, -0.1) is 0 Å². The number of nitrogens with zero attached hydrogens (tertiary/aromatic N) is 4. The number of fused-ring (bicyclic) bond motifs is 1. The molecule has 4 heterocycles. The van der Waals surface area contributed by atoms with E-state index in [-0.39, 0.29) is 5.91 Å². The molecule has 7 heteroatoms. The van der Waals surface area contributed by atoms with Gasteiger partial charge in [-0.1, -0.05) is 0 Å². The van der Waals surface area contributed by atoms with Crippen LogP contribution in [0.4, 0.5) is 0 Å². The molecule has 0 aromatic carbocycles. The molecule has 0 aliphatic carbocycles. The molecule has 3 aromatic rings. The highest BCUT2D eigenvalue weighted by atomic mass is 16.4. The Morgan fingerprint density at radius 1 is 1.30 bits per heavy atom. The fourth-order valence-corrected chi connectivity index (χ4v) is 3.90. The van der Waals surface area contributed by atoms with Crippen molar-refractivity contribution in [2.75, 3.05) is 13.1 Å². The van der Waals surface area contributed by atoms with Crippen molar-refractivity contribution in [3.8, 4) is 0 Å². The van der Waals surface area contributed by atoms with Crippen LogP contribution >= 0.6 is 0 Å². The lowest BCUT2D eigenvalue weighted by atomic mass is 9.91. The summed E-state index contributed by atoms with van der Waals surface area (Å²) >= 11 is 0. The number of aryl methyl sites for hydroxylation is 3. The molecule has 1 saturated heterocycles. The van der Waals surface area contributed by atoms with Gasteiger partial charge in [0.1, 0.15) is 0 Å². The molecule has 1 N–H and O–H groups in total. The van der Waals surface area contributed by atoms with Gasteiger partial charge in [-0.05, 0) is 38.8 Å². The average Bonchev–Trinajstić information content (AvgIpc) is 3.13. The van der Waals surface area contributed by atoms with Crippen molar-refractivity contribution < 1.29 is 14.3 Å². The van der Waals surface area contributed by atoms with Gasteiger partial charge in [0.05, 0.1) is 29.6 Å². The molecule has 0 atom stereocenters. The van der Waals surface area contributed by atoms with Crippen LogP contribution in [0.1, 0.15) is 40.7 Å². The van der Waals surface area contributed by atoms with Gasteiger partial charge in [0.25, 0.3) is 5.91 Å². The third-order valence-corrected chi connectivity index (χ3v) is 5.45. The standard InChI is InChI=1S/C20H24N4O3/c1-13-10-16-4-7-21-11-17(16)24(13)12-20(26)5-8-23(9-6-20)19(25)18-14(2)22-15(3)27-18/h4,7,10-11,26H,5-6,8-9,12H2,1-3H3. The largest absolute Gasteiger partial charge is 0.436 e. The molecule has 7 nitrogen and oxygen atoms in total. The first-order chi connectivity index (χ1) is 12.9. The Bertz CT molecular complexity index is 996. The van der Waals surface area contributed by atoms with Crippen molar-refractivity contribution in [2.45, 2.75) is 45.8 Å². The predicted octanol–water partition coefficient (Wildman–Crippen LogP) is 2.62. The van der Waals surface area contributed by atoms with E-state index in [4.69, 9.17) is 4.42 Å². The van der Waals surface area contributed by atoms with E-state index in [0.717, 1.165) is 16.6 Å². The molecule has 0 saturated carbocycles. The minimum Gasteiger partial charge on any atom is -0.436 e. The first kappa shape index (κ1) is 17.7. The molecule has 4 rings (SSSR count). The fourth-order valence-electron chi connectivity index (χ4n) is 3.90. The summed E-state index contributed by atoms with van der Waals surface area (Å²) in [4.78, 5) is 22.8. The maximum absolute atomic E-state index is 12.7. The van der Waals surface area contributed by atoms with E-state index in [9.17, 15) is 9.90 Å². The number of aromatic nitrogens is 3. The van der Waals surface area contributed by atoms with Gasteiger partial charge in [-0.2, -0.15) is 0 Å². The summed E-state index contributed by atoms with van der Waals surface area (Å²) in [7, 11) is 0. The molecule has 142 valence electrons. The summed E-state index contributed by atoms with van der Waals surface area (Å²) in [6, 6.07) is 4.08. The normalized spacial score (nSPS) is 16.8. The Kier molecular flexibility index (Phi) is 4.26. The van der Waals surface area contributed by atoms with Crippen LogP contribution in [-0.2, 0) is 6.54 Å². The van der Waals surface area contributed by atoms with E-state index < -0.39 is 5.60 Å². The Morgan fingerprint density at radius 3 is 2.70 bits per heavy atom. The number of carbonyl (C=O) groups is 1. The highest BCUT2D eigenvalue weighted by Gasteiger charge is 2.36. The van der Waals surface area contributed by atoms with Crippen molar-refractivity contribution in [1.82, 2.24) is 19.4 Å². The number of pyridine rings is 1. The Labute approximate surface area is 157 Å². The van der Waals surface area contributed by atoms with Crippen LogP contribution in [0.25, 0.3) is 10.9 Å². The third-order valence-electron chi connectivity index (χ3n) is 5.45. The van der Waals surface area contributed by atoms with Crippen LogP contribution in [0.3, 0.4) is 0 Å². The first-order valence-corrected chi connectivity index (χ1v) is 9.22. The highest BCUT2D eigenvalue weighted by molar-refractivity contribution is 5.92. The molecule has 0 spiro atoms. The molecular formula is C20H24N4O3. The SMILES string of the molecule is Cc1nc(C)c(C(=O)N2CCC(O)(Cn3c(C)cc4ccncc43)CC2)o1. The summed E-state index contributed by atoms with van der Waals surface area (Å²) in [6.45, 7) is 7.03. The molecule has 0 radical (unpaired) electrons. The molecule has 1 aliphatic rings. The summed E-state index contributed by atoms with van der Waals surface area (Å²) in [5.74, 6) is 0.645. The van der Waals surface area contributed by atoms with Gasteiger partial charge < -0.3 is 19.0 Å². The number of carbonyl (C=O) groups excluding carboxylic acids is 1. The van der Waals surface area contributed by atoms with E-state index in [1.165, 1.54) is 0 Å². The van der Waals surface area contributed by atoms with Crippen molar-refractivity contribution in [1.29, 1.82) is 0 Å². The number of oxazole rings is 1. The number of amides is 1. The van der Waals surface area contributed by atoms with Crippen LogP contribution in [0, 0.1) is 20.8 Å². The van der Waals surface area contributed by atoms with Gasteiger partial charge in [-0.25, -0.2) is 4.98 Å². The monoisotopic (exact) mass is 368 g/mol. The van der Waals surface area contributed by atoms with Crippen molar-refractivity contribution >= 4 is 16.8 Å². The summed E-state index contributed by atoms with van der Waals surface area (Å²) in [5, 5.41) is 12.3. The lowest BCUT2D eigenvalue weighted by molar-refractivity contribution is -0.0292. The van der Waals surface area contributed by atoms with Crippen LogP contribution in [-0.4, -0.2) is 49.1 Å². The smallest absolute Gasteiger partial charge is 0.291 e. The quantitative estimate of drug-likeness (QED) is 0.768. The maximum atomic E-state index is 12.7. The average molecular weight is 368 g/mol. The van der Waals surface area contributed by atoms with E-state index in [1.807, 2.05) is 19.2 Å². The topological polar surface area (TPSA) is 84.4 Å². The summed E-state index contributed by atoms with van der Waals surface area (Å²) in [5.41, 5.74) is 1.88. The van der Waals surface area contributed by atoms with Crippen molar-refractivity contribution in [3.63, 3.8) is 0 Å². The number of rotatable bonds is 3. The van der Waals surface area contributed by atoms with Gasteiger partial charge in [0, 0.05) is 37.3 Å². The summed E-state index contributed by atoms with van der Waals surface area (Å²) in [6.07, 6.45) is 4.64. The summed E-state index contributed by atoms with van der Waals surface area (Å²) < 4.78 is 7.57. The molecule has 1 aliphatic heterocycles. The van der Waals surface area contributed by atoms with Gasteiger partial charge in [0.15, 0.2) is 5.89 Å². The Hall–Kier alpha value is -2.67. The Morgan fingerprint density at radius 2 is 2.04 bits per heavy atom. The molecule has 3 aromatic heterocycles. The molecule has 0 bridgehead atoms. The fraction of sp³-hybridized carbons (Fsp3) is 0.450. The van der Waals surface area contributed by atoms with E-state index >= 15 is 0 Å². The lowest BCUT2D eigenvalue weighted by Crippen LogP contribution is -2.48. The number of hydrogen-bond donors (Lipinski definition) is 1. The van der Waals surface area contributed by atoms with E-state index in [0.29, 0.717) is 49.8 Å². The number of likely N-dealkylation sites (tertiary alicyclic amines) is 1. The number of piperidine rings is 1. The third kappa shape index (κ3) is 3.23. The molecule has 1 amide bonds. The van der Waals surface area contributed by atoms with Crippen molar-refractivity contribution in [3.05, 3.63) is 47.6 Å². The van der Waals surface area contributed by atoms with E-state index in [1.54, 1.807) is 24.9 Å². The van der Waals surface area contributed by atoms with Gasteiger partial charge in [0.2, 0.25) is 5.76 Å². The molecular weight excluding hydrogens is 344 g/mol. The number of hydrogen-bond acceptors (Lipinski definition) is 5. The van der Waals surface area contributed by atoms with Crippen LogP contribution in [0.15, 0.2) is 28.9 Å². The second-order valence-corrected chi connectivity index (χ2v) is 7.47. The van der Waals surface area contributed by atoms with Gasteiger partial charge in [-0.3, -0.25) is 9.78 Å². The van der Waals surface area contributed by atoms with Gasteiger partial charge >= 0.3 is 0 Å². The minimum absolute atomic E-state index is 0.151. The maximum Gasteiger partial charge on any atom is 0.291 e. The zero-order valence-electron chi connectivity index (χ0n) is 15.9. The van der Waals surface area contributed by atoms with Crippen LogP contribution in [0.2, 0.25) is 0 Å². The first-order valence-electron chi connectivity index (χ1n) is 9.22. The minimum atomic E-state index is -0.851. The second-order valence-electron chi connectivity index (χ2n) is 7.47. The van der Waals surface area contributed by atoms with Crippen molar-refractivity contribution in [2.24, 2.45) is 0 Å². The zero-order chi connectivity index (χ0) is 19.2. The second kappa shape index (κ2) is 6.49. The lowest BCUT2D eigenvalue weighted by Gasteiger charge is -2.38. The van der Waals surface area contributed by atoms with Crippen LogP contribution < -0.4 is 0 Å². The Balaban J connectivity index is 1.48.